The highest BCUT2D eigenvalue weighted by molar-refractivity contribution is 14.1. The minimum atomic E-state index is -0.130. The average molecular weight is 436 g/mol. The van der Waals surface area contributed by atoms with Crippen molar-refractivity contribution in [3.8, 4) is 5.75 Å². The molecule has 0 aromatic heterocycles. The van der Waals surface area contributed by atoms with Crippen molar-refractivity contribution in [2.45, 2.75) is 0 Å². The van der Waals surface area contributed by atoms with Gasteiger partial charge in [0.1, 0.15) is 5.75 Å². The van der Waals surface area contributed by atoms with Gasteiger partial charge in [-0.3, -0.25) is 4.79 Å². The number of aliphatic imine (C=N–C) groups is 1. The summed E-state index contributed by atoms with van der Waals surface area (Å²) >= 11 is 3.58. The Balaban J connectivity index is 1.78. The van der Waals surface area contributed by atoms with Crippen molar-refractivity contribution in [2.24, 2.45) is 4.99 Å². The molecule has 0 aliphatic carbocycles. The number of ether oxygens (including phenoxy) is 1. The van der Waals surface area contributed by atoms with Crippen molar-refractivity contribution in [1.82, 2.24) is 5.32 Å². The van der Waals surface area contributed by atoms with Gasteiger partial charge in [-0.15, -0.1) is 0 Å². The second-order valence-electron chi connectivity index (χ2n) is 4.73. The first-order chi connectivity index (χ1) is 11.1. The van der Waals surface area contributed by atoms with Crippen LogP contribution >= 0.6 is 34.4 Å². The standard InChI is InChI=1S/C17H13IN2O2S/c1-22-14-8-2-11(3-9-14)10-15-16(21)20-17(23-15)19-13-6-4-12(18)5-7-13/h2-10H,1H3,(H,19,20,21)/b15-10+. The number of hydrogen-bond donors (Lipinski definition) is 1. The molecule has 3 rings (SSSR count). The quantitative estimate of drug-likeness (QED) is 0.580. The third kappa shape index (κ3) is 4.14. The Labute approximate surface area is 152 Å². The Kier molecular flexibility index (Phi) is 5.02. The summed E-state index contributed by atoms with van der Waals surface area (Å²) in [4.78, 5) is 17.1. The molecule has 1 N–H and O–H groups in total. The van der Waals surface area contributed by atoms with Gasteiger partial charge in [0.15, 0.2) is 5.17 Å². The number of nitrogens with one attached hydrogen (secondary N) is 1. The van der Waals surface area contributed by atoms with Gasteiger partial charge >= 0.3 is 0 Å². The SMILES string of the molecule is COc1ccc(/C=C2/SC(=Nc3ccc(I)cc3)NC2=O)cc1. The van der Waals surface area contributed by atoms with E-state index in [1.54, 1.807) is 7.11 Å². The van der Waals surface area contributed by atoms with Crippen molar-refractivity contribution in [2.75, 3.05) is 7.11 Å². The van der Waals surface area contributed by atoms with Gasteiger partial charge in [0.25, 0.3) is 5.91 Å². The molecule has 0 radical (unpaired) electrons. The van der Waals surface area contributed by atoms with Gasteiger partial charge < -0.3 is 10.1 Å². The second kappa shape index (κ2) is 7.18. The van der Waals surface area contributed by atoms with Crippen LogP contribution in [0.15, 0.2) is 58.4 Å². The van der Waals surface area contributed by atoms with Crippen molar-refractivity contribution < 1.29 is 9.53 Å². The normalized spacial score (nSPS) is 17.6. The molecular weight excluding hydrogens is 423 g/mol. The average Bonchev–Trinajstić information content (AvgIpc) is 2.90. The van der Waals surface area contributed by atoms with Gasteiger partial charge in [-0.2, -0.15) is 0 Å². The Morgan fingerprint density at radius 2 is 1.83 bits per heavy atom. The van der Waals surface area contributed by atoms with E-state index in [2.05, 4.69) is 32.9 Å². The first-order valence-corrected chi connectivity index (χ1v) is 8.73. The van der Waals surface area contributed by atoms with Crippen LogP contribution in [0.4, 0.5) is 5.69 Å². The molecule has 4 nitrogen and oxygen atoms in total. The van der Waals surface area contributed by atoms with Crippen LogP contribution < -0.4 is 10.1 Å². The van der Waals surface area contributed by atoms with Crippen LogP contribution in [0, 0.1) is 3.57 Å². The first-order valence-electron chi connectivity index (χ1n) is 6.83. The Bertz CT molecular complexity index is 783. The summed E-state index contributed by atoms with van der Waals surface area (Å²) in [6, 6.07) is 15.4. The summed E-state index contributed by atoms with van der Waals surface area (Å²) < 4.78 is 6.28. The van der Waals surface area contributed by atoms with Crippen LogP contribution in [-0.2, 0) is 4.79 Å². The molecule has 0 bridgehead atoms. The maximum absolute atomic E-state index is 12.0. The summed E-state index contributed by atoms with van der Waals surface area (Å²) in [5.74, 6) is 0.659. The van der Waals surface area contributed by atoms with E-state index in [1.807, 2.05) is 54.6 Å². The molecule has 1 saturated heterocycles. The van der Waals surface area contributed by atoms with Crippen LogP contribution in [0.2, 0.25) is 0 Å². The van der Waals surface area contributed by atoms with Gasteiger partial charge in [-0.25, -0.2) is 4.99 Å². The van der Waals surface area contributed by atoms with Crippen LogP contribution in [-0.4, -0.2) is 18.2 Å². The van der Waals surface area contributed by atoms with E-state index in [1.165, 1.54) is 11.8 Å². The number of rotatable bonds is 3. The Hall–Kier alpha value is -1.80. The number of nitrogens with zero attached hydrogens (tertiary/aromatic N) is 1. The zero-order valence-corrected chi connectivity index (χ0v) is 15.2. The molecule has 1 amide bonds. The third-order valence-corrected chi connectivity index (χ3v) is 4.75. The fourth-order valence-electron chi connectivity index (χ4n) is 1.96. The van der Waals surface area contributed by atoms with Crippen LogP contribution in [0.25, 0.3) is 6.08 Å². The maximum Gasteiger partial charge on any atom is 0.264 e. The van der Waals surface area contributed by atoms with E-state index < -0.39 is 0 Å². The molecule has 1 aliphatic rings. The third-order valence-electron chi connectivity index (χ3n) is 3.12. The summed E-state index contributed by atoms with van der Waals surface area (Å²) in [5.41, 5.74) is 1.76. The molecule has 0 saturated carbocycles. The number of hydrogen-bond acceptors (Lipinski definition) is 4. The predicted molar refractivity (Wildman–Crippen MR) is 103 cm³/mol. The number of amides is 1. The number of halogens is 1. The lowest BCUT2D eigenvalue weighted by molar-refractivity contribution is -0.115. The van der Waals surface area contributed by atoms with Gasteiger partial charge in [-0.05, 0) is 82.4 Å². The summed E-state index contributed by atoms with van der Waals surface area (Å²) in [7, 11) is 1.63. The Morgan fingerprint density at radius 3 is 2.48 bits per heavy atom. The number of benzene rings is 2. The van der Waals surface area contributed by atoms with Gasteiger partial charge in [0, 0.05) is 3.57 Å². The first kappa shape index (κ1) is 16.1. The number of carbonyl (C=O) groups excluding carboxylic acids is 1. The Morgan fingerprint density at radius 1 is 1.13 bits per heavy atom. The van der Waals surface area contributed by atoms with Crippen LogP contribution in [0.1, 0.15) is 5.56 Å². The molecule has 6 heteroatoms. The molecule has 0 spiro atoms. The van der Waals surface area contributed by atoms with Crippen molar-refractivity contribution in [3.05, 3.63) is 62.6 Å². The maximum atomic E-state index is 12.0. The van der Waals surface area contributed by atoms with E-state index in [0.717, 1.165) is 20.6 Å². The molecular formula is C17H13IN2O2S. The number of methoxy groups -OCH3 is 1. The van der Waals surface area contributed by atoms with Crippen molar-refractivity contribution in [1.29, 1.82) is 0 Å². The van der Waals surface area contributed by atoms with Crippen molar-refractivity contribution in [3.63, 3.8) is 0 Å². The lowest BCUT2D eigenvalue weighted by atomic mass is 10.2. The fraction of sp³-hybridized carbons (Fsp3) is 0.0588. The smallest absolute Gasteiger partial charge is 0.264 e. The van der Waals surface area contributed by atoms with Gasteiger partial charge in [0.2, 0.25) is 0 Å². The molecule has 1 fully saturated rings. The molecule has 2 aromatic rings. The molecule has 0 atom stereocenters. The number of carbonyl (C=O) groups is 1. The topological polar surface area (TPSA) is 50.7 Å². The van der Waals surface area contributed by atoms with Crippen molar-refractivity contribution >= 4 is 57.2 Å². The summed E-state index contributed by atoms with van der Waals surface area (Å²) in [6.07, 6.45) is 1.84. The van der Waals surface area contributed by atoms with Crippen LogP contribution in [0.5, 0.6) is 5.75 Å². The monoisotopic (exact) mass is 436 g/mol. The highest BCUT2D eigenvalue weighted by Gasteiger charge is 2.23. The minimum absolute atomic E-state index is 0.130. The van der Waals surface area contributed by atoms with E-state index in [9.17, 15) is 4.79 Å². The highest BCUT2D eigenvalue weighted by Crippen LogP contribution is 2.28. The molecule has 1 aliphatic heterocycles. The van der Waals surface area contributed by atoms with Gasteiger partial charge in [0.05, 0.1) is 17.7 Å². The largest absolute Gasteiger partial charge is 0.497 e. The molecule has 1 heterocycles. The lowest BCUT2D eigenvalue weighted by Crippen LogP contribution is -2.19. The summed E-state index contributed by atoms with van der Waals surface area (Å²) in [5, 5.41) is 3.38. The van der Waals surface area contributed by atoms with Crippen LogP contribution in [0.3, 0.4) is 0 Å². The van der Waals surface area contributed by atoms with E-state index in [-0.39, 0.29) is 5.91 Å². The molecule has 23 heavy (non-hydrogen) atoms. The molecule has 2 aromatic carbocycles. The second-order valence-corrected chi connectivity index (χ2v) is 7.01. The van der Waals surface area contributed by atoms with E-state index >= 15 is 0 Å². The van der Waals surface area contributed by atoms with E-state index in [0.29, 0.717) is 10.1 Å². The summed E-state index contributed by atoms with van der Waals surface area (Å²) in [6.45, 7) is 0. The lowest BCUT2D eigenvalue weighted by Gasteiger charge is -1.99. The number of thioether (sulfide) groups is 1. The van der Waals surface area contributed by atoms with E-state index in [4.69, 9.17) is 4.74 Å². The highest BCUT2D eigenvalue weighted by atomic mass is 127. The minimum Gasteiger partial charge on any atom is -0.497 e. The predicted octanol–water partition coefficient (Wildman–Crippen LogP) is 4.19. The fourth-order valence-corrected chi connectivity index (χ4v) is 3.17. The van der Waals surface area contributed by atoms with Gasteiger partial charge in [-0.1, -0.05) is 12.1 Å². The zero-order chi connectivity index (χ0) is 16.2. The number of amidine groups is 1. The molecule has 116 valence electrons. The zero-order valence-electron chi connectivity index (χ0n) is 12.2. The molecule has 0 unspecified atom stereocenters.